The molecule has 0 aliphatic heterocycles. The van der Waals surface area contributed by atoms with Gasteiger partial charge in [0.2, 0.25) is 0 Å². The fourth-order valence-corrected chi connectivity index (χ4v) is 3.48. The summed E-state index contributed by atoms with van der Waals surface area (Å²) >= 11 is 1.79. The predicted molar refractivity (Wildman–Crippen MR) is 57.0 cm³/mol. The summed E-state index contributed by atoms with van der Waals surface area (Å²) in [5.74, 6) is -0.407. The Morgan fingerprint density at radius 1 is 1.71 bits per heavy atom. The van der Waals surface area contributed by atoms with Crippen molar-refractivity contribution in [3.8, 4) is 0 Å². The summed E-state index contributed by atoms with van der Waals surface area (Å²) in [5, 5.41) is 11.0. The van der Waals surface area contributed by atoms with E-state index in [-0.39, 0.29) is 5.92 Å². The monoisotopic (exact) mass is 210 g/mol. The van der Waals surface area contributed by atoms with Crippen molar-refractivity contribution in [2.24, 2.45) is 0 Å². The van der Waals surface area contributed by atoms with Gasteiger partial charge >= 0.3 is 5.97 Å². The molecular weight excluding hydrogens is 196 g/mol. The molecule has 1 aromatic rings. The van der Waals surface area contributed by atoms with Crippen LogP contribution >= 0.6 is 11.3 Å². The lowest BCUT2D eigenvalue weighted by Gasteiger charge is -2.22. The molecule has 1 N–H and O–H groups in total. The normalized spacial score (nSPS) is 20.5. The summed E-state index contributed by atoms with van der Waals surface area (Å²) in [7, 11) is 0. The summed E-state index contributed by atoms with van der Waals surface area (Å²) in [6, 6.07) is 0. The SMILES string of the molecule is Cc1csc2c1C(CC(=O)O)CCC2. The third-order valence-corrected chi connectivity index (χ3v) is 4.07. The number of hydrogen-bond acceptors (Lipinski definition) is 2. The highest BCUT2D eigenvalue weighted by atomic mass is 32.1. The minimum absolute atomic E-state index is 0.266. The lowest BCUT2D eigenvalue weighted by atomic mass is 9.83. The first-order valence-corrected chi connectivity index (χ1v) is 5.85. The molecule has 1 heterocycles. The third kappa shape index (κ3) is 1.69. The maximum absolute atomic E-state index is 10.7. The van der Waals surface area contributed by atoms with Gasteiger partial charge in [-0.3, -0.25) is 4.79 Å². The Bertz CT molecular complexity index is 354. The highest BCUT2D eigenvalue weighted by Gasteiger charge is 2.25. The summed E-state index contributed by atoms with van der Waals surface area (Å²) in [6.07, 6.45) is 3.62. The average molecular weight is 210 g/mol. The Balaban J connectivity index is 2.29. The lowest BCUT2D eigenvalue weighted by Crippen LogP contribution is -2.12. The molecule has 0 aromatic carbocycles. The van der Waals surface area contributed by atoms with E-state index in [1.807, 2.05) is 0 Å². The number of aryl methyl sites for hydroxylation is 2. The molecule has 2 nitrogen and oxygen atoms in total. The first kappa shape index (κ1) is 9.71. The Kier molecular flexibility index (Phi) is 2.59. The van der Waals surface area contributed by atoms with Crippen molar-refractivity contribution >= 4 is 17.3 Å². The highest BCUT2D eigenvalue weighted by molar-refractivity contribution is 7.10. The average Bonchev–Trinajstić information content (AvgIpc) is 2.48. The summed E-state index contributed by atoms with van der Waals surface area (Å²) < 4.78 is 0. The Morgan fingerprint density at radius 3 is 3.21 bits per heavy atom. The van der Waals surface area contributed by atoms with Crippen molar-refractivity contribution < 1.29 is 9.90 Å². The fraction of sp³-hybridized carbons (Fsp3) is 0.545. The molecule has 1 unspecified atom stereocenters. The molecule has 0 saturated heterocycles. The van der Waals surface area contributed by atoms with Crippen LogP contribution in [-0.2, 0) is 11.2 Å². The first-order chi connectivity index (χ1) is 6.68. The minimum atomic E-state index is -0.673. The van der Waals surface area contributed by atoms with Gasteiger partial charge in [0.05, 0.1) is 6.42 Å². The Morgan fingerprint density at radius 2 is 2.50 bits per heavy atom. The van der Waals surface area contributed by atoms with Crippen LogP contribution in [0.3, 0.4) is 0 Å². The number of carboxylic acids is 1. The molecule has 0 saturated carbocycles. The molecule has 14 heavy (non-hydrogen) atoms. The van der Waals surface area contributed by atoms with Gasteiger partial charge in [-0.05, 0) is 48.6 Å². The molecule has 3 heteroatoms. The maximum atomic E-state index is 10.7. The van der Waals surface area contributed by atoms with Crippen LogP contribution in [0.4, 0.5) is 0 Å². The van der Waals surface area contributed by atoms with Crippen molar-refractivity contribution in [1.82, 2.24) is 0 Å². The minimum Gasteiger partial charge on any atom is -0.481 e. The standard InChI is InChI=1S/C11H14O2S/c1-7-6-14-9-4-2-3-8(11(7)9)5-10(12)13/h6,8H,2-5H2,1H3,(H,12,13). The van der Waals surface area contributed by atoms with E-state index in [0.29, 0.717) is 6.42 Å². The van der Waals surface area contributed by atoms with Gasteiger partial charge in [-0.1, -0.05) is 0 Å². The van der Waals surface area contributed by atoms with Gasteiger partial charge in [0.1, 0.15) is 0 Å². The summed E-state index contributed by atoms with van der Waals surface area (Å²) in [4.78, 5) is 12.1. The van der Waals surface area contributed by atoms with Gasteiger partial charge in [-0.2, -0.15) is 0 Å². The van der Waals surface area contributed by atoms with Crippen LogP contribution in [0.2, 0.25) is 0 Å². The molecule has 0 fully saturated rings. The molecule has 0 bridgehead atoms. The first-order valence-electron chi connectivity index (χ1n) is 4.97. The zero-order valence-electron chi connectivity index (χ0n) is 8.25. The van der Waals surface area contributed by atoms with Crippen molar-refractivity contribution in [3.05, 3.63) is 21.4 Å². The predicted octanol–water partition coefficient (Wildman–Crippen LogP) is 2.95. The van der Waals surface area contributed by atoms with Crippen LogP contribution in [0.1, 0.15) is 41.2 Å². The van der Waals surface area contributed by atoms with Crippen molar-refractivity contribution in [2.75, 3.05) is 0 Å². The van der Waals surface area contributed by atoms with Gasteiger partial charge in [0, 0.05) is 4.88 Å². The molecule has 0 spiro atoms. The molecule has 1 atom stereocenters. The maximum Gasteiger partial charge on any atom is 0.303 e. The zero-order chi connectivity index (χ0) is 10.1. The number of aliphatic carboxylic acids is 1. The van der Waals surface area contributed by atoms with Gasteiger partial charge in [-0.25, -0.2) is 0 Å². The second kappa shape index (κ2) is 3.73. The van der Waals surface area contributed by atoms with E-state index in [1.165, 1.54) is 16.0 Å². The molecule has 0 amide bonds. The molecular formula is C11H14O2S. The number of fused-ring (bicyclic) bond motifs is 1. The lowest BCUT2D eigenvalue weighted by molar-refractivity contribution is -0.137. The zero-order valence-corrected chi connectivity index (χ0v) is 9.06. The van der Waals surface area contributed by atoms with Gasteiger partial charge in [-0.15, -0.1) is 11.3 Å². The van der Waals surface area contributed by atoms with Gasteiger partial charge < -0.3 is 5.11 Å². The largest absolute Gasteiger partial charge is 0.481 e. The molecule has 1 aliphatic rings. The summed E-state index contributed by atoms with van der Waals surface area (Å²) in [6.45, 7) is 2.09. The highest BCUT2D eigenvalue weighted by Crippen LogP contribution is 2.39. The van der Waals surface area contributed by atoms with Crippen LogP contribution in [0.5, 0.6) is 0 Å². The Labute approximate surface area is 87.6 Å². The van der Waals surface area contributed by atoms with E-state index in [9.17, 15) is 4.79 Å². The smallest absolute Gasteiger partial charge is 0.303 e. The molecule has 1 aliphatic carbocycles. The van der Waals surface area contributed by atoms with E-state index in [1.54, 1.807) is 11.3 Å². The van der Waals surface area contributed by atoms with Crippen LogP contribution in [-0.4, -0.2) is 11.1 Å². The third-order valence-electron chi connectivity index (χ3n) is 2.89. The number of carboxylic acid groups (broad SMARTS) is 1. The van der Waals surface area contributed by atoms with E-state index in [4.69, 9.17) is 5.11 Å². The van der Waals surface area contributed by atoms with Crippen LogP contribution in [0, 0.1) is 6.92 Å². The fourth-order valence-electron chi connectivity index (χ4n) is 2.32. The molecule has 2 rings (SSSR count). The van der Waals surface area contributed by atoms with E-state index < -0.39 is 5.97 Å². The van der Waals surface area contributed by atoms with Crippen LogP contribution in [0.25, 0.3) is 0 Å². The molecule has 0 radical (unpaired) electrons. The van der Waals surface area contributed by atoms with E-state index >= 15 is 0 Å². The van der Waals surface area contributed by atoms with Crippen molar-refractivity contribution in [1.29, 1.82) is 0 Å². The number of rotatable bonds is 2. The van der Waals surface area contributed by atoms with E-state index in [0.717, 1.165) is 19.3 Å². The topological polar surface area (TPSA) is 37.3 Å². The van der Waals surface area contributed by atoms with Crippen molar-refractivity contribution in [3.63, 3.8) is 0 Å². The van der Waals surface area contributed by atoms with Crippen molar-refractivity contribution in [2.45, 2.75) is 38.5 Å². The Hall–Kier alpha value is -0.830. The van der Waals surface area contributed by atoms with Gasteiger partial charge in [0.25, 0.3) is 0 Å². The van der Waals surface area contributed by atoms with Gasteiger partial charge in [0.15, 0.2) is 0 Å². The second-order valence-electron chi connectivity index (χ2n) is 3.94. The van der Waals surface area contributed by atoms with Crippen LogP contribution < -0.4 is 0 Å². The number of hydrogen-bond donors (Lipinski definition) is 1. The van der Waals surface area contributed by atoms with Crippen LogP contribution in [0.15, 0.2) is 5.38 Å². The molecule has 76 valence electrons. The quantitative estimate of drug-likeness (QED) is 0.814. The molecule has 1 aromatic heterocycles. The number of carbonyl (C=O) groups is 1. The summed E-state index contributed by atoms with van der Waals surface area (Å²) in [5.41, 5.74) is 2.62. The van der Waals surface area contributed by atoms with E-state index in [2.05, 4.69) is 12.3 Å². The number of thiophene rings is 1. The second-order valence-corrected chi connectivity index (χ2v) is 4.91.